The van der Waals surface area contributed by atoms with E-state index in [1.807, 2.05) is 96.3 Å². The van der Waals surface area contributed by atoms with Gasteiger partial charge in [0, 0.05) is 12.6 Å². The zero-order chi connectivity index (χ0) is 24.3. The Bertz CT molecular complexity index is 987. The number of carbonyl (C=O) groups excluding carboxylic acids is 1. The van der Waals surface area contributed by atoms with Gasteiger partial charge in [0.25, 0.3) is 0 Å². The van der Waals surface area contributed by atoms with Crippen molar-refractivity contribution in [1.82, 2.24) is 9.97 Å². The summed E-state index contributed by atoms with van der Waals surface area (Å²) in [7, 11) is 1.80. The first-order chi connectivity index (χ1) is 15.4. The van der Waals surface area contributed by atoms with Gasteiger partial charge < -0.3 is 4.90 Å². The van der Waals surface area contributed by atoms with Crippen molar-refractivity contribution in [1.29, 1.82) is 0 Å². The van der Waals surface area contributed by atoms with E-state index in [0.717, 1.165) is 22.4 Å². The van der Waals surface area contributed by atoms with Crippen molar-refractivity contribution in [2.45, 2.75) is 59.0 Å². The minimum Gasteiger partial charge on any atom is -0.311 e. The van der Waals surface area contributed by atoms with Gasteiger partial charge in [-0.3, -0.25) is 4.79 Å². The maximum atomic E-state index is 13.5. The van der Waals surface area contributed by atoms with Crippen molar-refractivity contribution in [2.24, 2.45) is 0 Å². The summed E-state index contributed by atoms with van der Waals surface area (Å²) in [6, 6.07) is 17.9. The fourth-order valence-corrected chi connectivity index (χ4v) is 3.59. The van der Waals surface area contributed by atoms with Crippen LogP contribution in [0.4, 0.5) is 5.69 Å². The van der Waals surface area contributed by atoms with Crippen molar-refractivity contribution in [3.63, 3.8) is 0 Å². The molecule has 0 bridgehead atoms. The van der Waals surface area contributed by atoms with Crippen LogP contribution in [-0.2, 0) is 10.2 Å². The number of aryl methyl sites for hydroxylation is 1. The highest BCUT2D eigenvalue weighted by Crippen LogP contribution is 2.34. The fourth-order valence-electron chi connectivity index (χ4n) is 3.25. The van der Waals surface area contributed by atoms with Gasteiger partial charge >= 0.3 is 0 Å². The largest absolute Gasteiger partial charge is 0.311 e. The lowest BCUT2D eigenvalue weighted by Gasteiger charge is -2.30. The average Bonchev–Trinajstić information content (AvgIpc) is 2.86. The number of carbonyl (C=O) groups is 1. The molecule has 0 radical (unpaired) electrons. The van der Waals surface area contributed by atoms with E-state index < -0.39 is 5.41 Å². The van der Waals surface area contributed by atoms with Crippen LogP contribution in [0.2, 0.25) is 0 Å². The third-order valence-corrected chi connectivity index (χ3v) is 5.59. The molecule has 0 unspecified atom stereocenters. The molecule has 1 amide bonds. The third kappa shape index (κ3) is 6.19. The molecule has 0 spiro atoms. The van der Waals surface area contributed by atoms with Crippen LogP contribution in [0.1, 0.15) is 52.7 Å². The summed E-state index contributed by atoms with van der Waals surface area (Å²) < 4.78 is 0. The molecule has 4 nitrogen and oxygen atoms in total. The van der Waals surface area contributed by atoms with Crippen LogP contribution in [0.25, 0.3) is 11.3 Å². The molecule has 0 atom stereocenters. The quantitative estimate of drug-likeness (QED) is 0.305. The maximum Gasteiger partial charge on any atom is 0.236 e. The number of hydrogen-bond donors (Lipinski definition) is 0. The summed E-state index contributed by atoms with van der Waals surface area (Å²) in [5.74, 6) is -0.00552. The molecule has 5 heteroatoms. The van der Waals surface area contributed by atoms with Crippen molar-refractivity contribution >= 4 is 23.4 Å². The summed E-state index contributed by atoms with van der Waals surface area (Å²) in [5, 5.41) is 0.685. The Hall–Kier alpha value is -2.66. The lowest BCUT2D eigenvalue weighted by molar-refractivity contribution is -0.122. The summed E-state index contributed by atoms with van der Waals surface area (Å²) in [6.07, 6.45) is 3.70. The van der Waals surface area contributed by atoms with Crippen molar-refractivity contribution in [3.05, 3.63) is 71.9 Å². The smallest absolute Gasteiger partial charge is 0.236 e. The van der Waals surface area contributed by atoms with Crippen LogP contribution in [0, 0.1) is 6.92 Å². The van der Waals surface area contributed by atoms with Gasteiger partial charge in [0.1, 0.15) is 0 Å². The monoisotopic (exact) mass is 451 g/mol. The molecule has 3 rings (SSSR count). The first-order valence-corrected chi connectivity index (χ1v) is 12.4. The Morgan fingerprint density at radius 3 is 2.06 bits per heavy atom. The topological polar surface area (TPSA) is 46.1 Å². The lowest BCUT2D eigenvalue weighted by atomic mass is 9.83. The summed E-state index contributed by atoms with van der Waals surface area (Å²) in [5.41, 5.74) is 3.91. The Kier molecular flexibility index (Phi) is 11.1. The SMILES string of the molecule is CC.CC.CSc1ncc(N(C)C(=O)C(C)(C)c2ccccc2)c(-c2ccccc2C)n1. The molecule has 1 aromatic heterocycles. The molecular formula is C27H37N3OS. The van der Waals surface area contributed by atoms with E-state index >= 15 is 0 Å². The van der Waals surface area contributed by atoms with Gasteiger partial charge in [-0.25, -0.2) is 9.97 Å². The van der Waals surface area contributed by atoms with Gasteiger partial charge in [-0.2, -0.15) is 0 Å². The van der Waals surface area contributed by atoms with E-state index in [1.54, 1.807) is 18.1 Å². The summed E-state index contributed by atoms with van der Waals surface area (Å²) >= 11 is 1.49. The minimum absolute atomic E-state index is 0.00552. The Labute approximate surface area is 198 Å². The van der Waals surface area contributed by atoms with Gasteiger partial charge in [-0.15, -0.1) is 0 Å². The molecule has 0 aliphatic carbocycles. The number of anilines is 1. The highest BCUT2D eigenvalue weighted by atomic mass is 32.2. The van der Waals surface area contributed by atoms with Gasteiger partial charge in [-0.1, -0.05) is 94.1 Å². The van der Waals surface area contributed by atoms with Gasteiger partial charge in [0.15, 0.2) is 5.16 Å². The van der Waals surface area contributed by atoms with E-state index in [-0.39, 0.29) is 5.91 Å². The first-order valence-electron chi connectivity index (χ1n) is 11.2. The van der Waals surface area contributed by atoms with Crippen molar-refractivity contribution in [3.8, 4) is 11.3 Å². The molecule has 0 saturated heterocycles. The van der Waals surface area contributed by atoms with Crippen LogP contribution in [0.5, 0.6) is 0 Å². The predicted octanol–water partition coefficient (Wildman–Crippen LogP) is 7.17. The zero-order valence-electron chi connectivity index (χ0n) is 20.9. The number of benzene rings is 2. The molecule has 1 heterocycles. The first kappa shape index (κ1) is 27.4. The number of likely N-dealkylation sites (N-methyl/N-ethyl adjacent to an activating group) is 1. The highest BCUT2D eigenvalue weighted by Gasteiger charge is 2.34. The predicted molar refractivity (Wildman–Crippen MR) is 140 cm³/mol. The minimum atomic E-state index is -0.669. The standard InChI is InChI=1S/C23H25N3OS.2C2H6/c1-16-11-9-10-14-18(16)20-19(15-24-22(25-20)28-5)26(4)21(27)23(2,3)17-12-7-6-8-13-17;2*1-2/h6-15H,1-5H3;2*1-2H3. The van der Waals surface area contributed by atoms with E-state index in [1.165, 1.54) is 11.8 Å². The highest BCUT2D eigenvalue weighted by molar-refractivity contribution is 7.98. The molecule has 0 saturated carbocycles. The second-order valence-corrected chi connectivity index (χ2v) is 8.03. The molecule has 0 aliphatic rings. The van der Waals surface area contributed by atoms with E-state index in [0.29, 0.717) is 10.8 Å². The molecule has 0 aliphatic heterocycles. The third-order valence-electron chi connectivity index (χ3n) is 5.03. The zero-order valence-corrected chi connectivity index (χ0v) is 21.7. The number of aromatic nitrogens is 2. The molecule has 172 valence electrons. The van der Waals surface area contributed by atoms with Crippen LogP contribution >= 0.6 is 11.8 Å². The fraction of sp³-hybridized carbons (Fsp3) is 0.370. The molecular weight excluding hydrogens is 414 g/mol. The van der Waals surface area contributed by atoms with Crippen molar-refractivity contribution < 1.29 is 4.79 Å². The van der Waals surface area contributed by atoms with E-state index in [2.05, 4.69) is 18.0 Å². The molecule has 0 N–H and O–H groups in total. The number of thioether (sulfide) groups is 1. The average molecular weight is 452 g/mol. The van der Waals surface area contributed by atoms with E-state index in [9.17, 15) is 4.79 Å². The number of nitrogens with zero attached hydrogens (tertiary/aromatic N) is 3. The van der Waals surface area contributed by atoms with Crippen molar-refractivity contribution in [2.75, 3.05) is 18.2 Å². The van der Waals surface area contributed by atoms with Gasteiger partial charge in [-0.05, 0) is 38.2 Å². The number of amides is 1. The lowest BCUT2D eigenvalue weighted by Crippen LogP contribution is -2.41. The van der Waals surface area contributed by atoms with Crippen LogP contribution in [0.3, 0.4) is 0 Å². The Morgan fingerprint density at radius 2 is 1.50 bits per heavy atom. The molecule has 32 heavy (non-hydrogen) atoms. The van der Waals surface area contributed by atoms with E-state index in [4.69, 9.17) is 4.98 Å². The molecule has 0 fully saturated rings. The summed E-state index contributed by atoms with van der Waals surface area (Å²) in [4.78, 5) is 24.3. The maximum absolute atomic E-state index is 13.5. The Balaban J connectivity index is 0.00000121. The van der Waals surface area contributed by atoms with Crippen LogP contribution < -0.4 is 4.90 Å². The Morgan fingerprint density at radius 1 is 0.938 bits per heavy atom. The number of rotatable bonds is 5. The number of hydrogen-bond acceptors (Lipinski definition) is 4. The normalized spacial score (nSPS) is 10.3. The summed E-state index contributed by atoms with van der Waals surface area (Å²) in [6.45, 7) is 14.0. The van der Waals surface area contributed by atoms with Crippen LogP contribution in [-0.4, -0.2) is 29.2 Å². The van der Waals surface area contributed by atoms with Gasteiger partial charge in [0.05, 0.1) is 23.0 Å². The van der Waals surface area contributed by atoms with Gasteiger partial charge in [0.2, 0.25) is 5.91 Å². The second kappa shape index (κ2) is 13.0. The van der Waals surface area contributed by atoms with Crippen LogP contribution in [0.15, 0.2) is 66.0 Å². The molecule has 3 aromatic rings. The second-order valence-electron chi connectivity index (χ2n) is 7.26. The molecule has 2 aromatic carbocycles.